The Labute approximate surface area is 131 Å². The summed E-state index contributed by atoms with van der Waals surface area (Å²) in [5.74, 6) is 0.00466. The van der Waals surface area contributed by atoms with E-state index in [0.29, 0.717) is 28.7 Å². The molecule has 2 rings (SSSR count). The summed E-state index contributed by atoms with van der Waals surface area (Å²) >= 11 is 0. The highest BCUT2D eigenvalue weighted by atomic mass is 19.4. The summed E-state index contributed by atoms with van der Waals surface area (Å²) in [6.45, 7) is 3.58. The molecule has 120 valence electrons. The number of aldehydes is 1. The van der Waals surface area contributed by atoms with Crippen LogP contribution in [0.5, 0.6) is 11.5 Å². The smallest absolute Gasteiger partial charge is 0.488 e. The SMILES string of the molecule is C=Cc1ccc(OC(F)(F)F)cc1COc1ccccc1C=O. The lowest BCUT2D eigenvalue weighted by atomic mass is 10.1. The molecule has 0 saturated heterocycles. The molecule has 0 aliphatic carbocycles. The predicted molar refractivity (Wildman–Crippen MR) is 79.4 cm³/mol. The van der Waals surface area contributed by atoms with Crippen molar-refractivity contribution in [1.29, 1.82) is 0 Å². The van der Waals surface area contributed by atoms with Gasteiger partial charge in [-0.3, -0.25) is 4.79 Å². The van der Waals surface area contributed by atoms with E-state index in [-0.39, 0.29) is 12.4 Å². The van der Waals surface area contributed by atoms with Crippen LogP contribution in [0.15, 0.2) is 49.0 Å². The third-order valence-electron chi connectivity index (χ3n) is 3.00. The Hall–Kier alpha value is -2.76. The minimum absolute atomic E-state index is 0.0265. The van der Waals surface area contributed by atoms with Crippen LogP contribution >= 0.6 is 0 Å². The molecule has 0 aliphatic heterocycles. The van der Waals surface area contributed by atoms with Crippen LogP contribution in [0.1, 0.15) is 21.5 Å². The zero-order valence-corrected chi connectivity index (χ0v) is 12.0. The minimum atomic E-state index is -4.77. The molecule has 0 amide bonds. The van der Waals surface area contributed by atoms with E-state index in [9.17, 15) is 18.0 Å². The van der Waals surface area contributed by atoms with Crippen LogP contribution in [-0.4, -0.2) is 12.6 Å². The van der Waals surface area contributed by atoms with Gasteiger partial charge in [0.15, 0.2) is 6.29 Å². The van der Waals surface area contributed by atoms with Crippen molar-refractivity contribution in [2.45, 2.75) is 13.0 Å². The first-order chi connectivity index (χ1) is 10.9. The molecule has 0 heterocycles. The Bertz CT molecular complexity index is 708. The van der Waals surface area contributed by atoms with Crippen LogP contribution in [0.3, 0.4) is 0 Å². The molecule has 0 aliphatic rings. The van der Waals surface area contributed by atoms with Crippen LogP contribution in [-0.2, 0) is 6.61 Å². The first kappa shape index (κ1) is 16.6. The van der Waals surface area contributed by atoms with Crippen molar-refractivity contribution < 1.29 is 27.4 Å². The van der Waals surface area contributed by atoms with Gasteiger partial charge in [-0.15, -0.1) is 13.2 Å². The van der Waals surface area contributed by atoms with E-state index in [1.807, 2.05) is 0 Å². The summed E-state index contributed by atoms with van der Waals surface area (Å²) in [5.41, 5.74) is 1.43. The number of hydrogen-bond donors (Lipinski definition) is 0. The van der Waals surface area contributed by atoms with Gasteiger partial charge in [0.2, 0.25) is 0 Å². The zero-order chi connectivity index (χ0) is 16.9. The fraction of sp³-hybridized carbons (Fsp3) is 0.118. The van der Waals surface area contributed by atoms with Crippen LogP contribution in [0.4, 0.5) is 13.2 Å². The fourth-order valence-corrected chi connectivity index (χ4v) is 1.97. The summed E-state index contributed by atoms with van der Waals surface area (Å²) < 4.78 is 46.3. The normalized spacial score (nSPS) is 10.9. The molecule has 3 nitrogen and oxygen atoms in total. The number of benzene rings is 2. The van der Waals surface area contributed by atoms with Gasteiger partial charge in [0.25, 0.3) is 0 Å². The molecule has 0 aromatic heterocycles. The van der Waals surface area contributed by atoms with Crippen molar-refractivity contribution in [2.24, 2.45) is 0 Å². The lowest BCUT2D eigenvalue weighted by Gasteiger charge is -2.13. The summed E-state index contributed by atoms with van der Waals surface area (Å²) in [6.07, 6.45) is -2.62. The second kappa shape index (κ2) is 7.00. The van der Waals surface area contributed by atoms with Crippen molar-refractivity contribution in [3.63, 3.8) is 0 Å². The first-order valence-electron chi connectivity index (χ1n) is 6.61. The third kappa shape index (κ3) is 4.60. The molecule has 0 fully saturated rings. The molecule has 2 aromatic rings. The van der Waals surface area contributed by atoms with Crippen molar-refractivity contribution in [2.75, 3.05) is 0 Å². The van der Waals surface area contributed by atoms with Gasteiger partial charge in [0.05, 0.1) is 5.56 Å². The quantitative estimate of drug-likeness (QED) is 0.728. The maximum Gasteiger partial charge on any atom is 0.573 e. The summed E-state index contributed by atoms with van der Waals surface area (Å²) in [6, 6.07) is 10.5. The van der Waals surface area contributed by atoms with E-state index in [1.165, 1.54) is 24.3 Å². The molecule has 0 saturated carbocycles. The van der Waals surface area contributed by atoms with Crippen LogP contribution in [0.2, 0.25) is 0 Å². The molecular formula is C17H13F3O3. The number of alkyl halides is 3. The van der Waals surface area contributed by atoms with E-state index in [1.54, 1.807) is 24.3 Å². The van der Waals surface area contributed by atoms with Gasteiger partial charge in [-0.1, -0.05) is 30.9 Å². The second-order valence-electron chi connectivity index (χ2n) is 4.56. The standard InChI is InChI=1S/C17H13F3O3/c1-2-12-7-8-15(23-17(18,19)20)9-14(12)11-22-16-6-4-3-5-13(16)10-21/h2-10H,1,11H2. The number of rotatable bonds is 6. The summed E-state index contributed by atoms with van der Waals surface area (Å²) in [4.78, 5) is 10.9. The highest BCUT2D eigenvalue weighted by Crippen LogP contribution is 2.27. The average molecular weight is 322 g/mol. The largest absolute Gasteiger partial charge is 0.573 e. The molecule has 0 spiro atoms. The monoisotopic (exact) mass is 322 g/mol. The number of halogens is 3. The van der Waals surface area contributed by atoms with Gasteiger partial charge in [-0.2, -0.15) is 0 Å². The number of hydrogen-bond acceptors (Lipinski definition) is 3. The topological polar surface area (TPSA) is 35.5 Å². The Morgan fingerprint density at radius 2 is 1.83 bits per heavy atom. The molecular weight excluding hydrogens is 309 g/mol. The van der Waals surface area contributed by atoms with Gasteiger partial charge in [0.1, 0.15) is 18.1 Å². The van der Waals surface area contributed by atoms with Crippen molar-refractivity contribution in [3.8, 4) is 11.5 Å². The maximum absolute atomic E-state index is 12.3. The molecule has 0 N–H and O–H groups in total. The van der Waals surface area contributed by atoms with Gasteiger partial charge in [-0.05, 0) is 29.8 Å². The lowest BCUT2D eigenvalue weighted by molar-refractivity contribution is -0.274. The van der Waals surface area contributed by atoms with Crippen molar-refractivity contribution >= 4 is 12.4 Å². The Kier molecular flexibility index (Phi) is 5.05. The van der Waals surface area contributed by atoms with E-state index >= 15 is 0 Å². The van der Waals surface area contributed by atoms with Gasteiger partial charge in [-0.25, -0.2) is 0 Å². The maximum atomic E-state index is 12.3. The van der Waals surface area contributed by atoms with Crippen LogP contribution in [0.25, 0.3) is 6.08 Å². The number of carbonyl (C=O) groups excluding carboxylic acids is 1. The number of para-hydroxylation sites is 1. The number of carbonyl (C=O) groups is 1. The highest BCUT2D eigenvalue weighted by Gasteiger charge is 2.31. The molecule has 0 atom stereocenters. The van der Waals surface area contributed by atoms with Gasteiger partial charge < -0.3 is 9.47 Å². The van der Waals surface area contributed by atoms with Gasteiger partial charge >= 0.3 is 6.36 Å². The molecule has 0 unspecified atom stereocenters. The van der Waals surface area contributed by atoms with Gasteiger partial charge in [0, 0.05) is 5.56 Å². The minimum Gasteiger partial charge on any atom is -0.488 e. The first-order valence-corrected chi connectivity index (χ1v) is 6.61. The molecule has 6 heteroatoms. The van der Waals surface area contributed by atoms with E-state index in [4.69, 9.17) is 4.74 Å². The third-order valence-corrected chi connectivity index (χ3v) is 3.00. The zero-order valence-electron chi connectivity index (χ0n) is 12.0. The Balaban J connectivity index is 2.22. The van der Waals surface area contributed by atoms with Crippen molar-refractivity contribution in [3.05, 3.63) is 65.7 Å². The second-order valence-corrected chi connectivity index (χ2v) is 4.56. The Morgan fingerprint density at radius 1 is 1.09 bits per heavy atom. The lowest BCUT2D eigenvalue weighted by Crippen LogP contribution is -2.17. The molecule has 2 aromatic carbocycles. The fourth-order valence-electron chi connectivity index (χ4n) is 1.97. The summed E-state index contributed by atoms with van der Waals surface area (Å²) in [5, 5.41) is 0. The highest BCUT2D eigenvalue weighted by molar-refractivity contribution is 5.79. The Morgan fingerprint density at radius 3 is 2.48 bits per heavy atom. The molecule has 0 bridgehead atoms. The summed E-state index contributed by atoms with van der Waals surface area (Å²) in [7, 11) is 0. The van der Waals surface area contributed by atoms with Crippen LogP contribution in [0, 0.1) is 0 Å². The molecule has 23 heavy (non-hydrogen) atoms. The molecule has 0 radical (unpaired) electrons. The van der Waals surface area contributed by atoms with E-state index < -0.39 is 6.36 Å². The average Bonchev–Trinajstić information content (AvgIpc) is 2.51. The van der Waals surface area contributed by atoms with E-state index in [2.05, 4.69) is 11.3 Å². The van der Waals surface area contributed by atoms with Crippen LogP contribution < -0.4 is 9.47 Å². The number of ether oxygens (including phenoxy) is 2. The van der Waals surface area contributed by atoms with Crippen molar-refractivity contribution in [1.82, 2.24) is 0 Å². The van der Waals surface area contributed by atoms with E-state index in [0.717, 1.165) is 0 Å². The predicted octanol–water partition coefficient (Wildman–Crippen LogP) is 4.62.